The van der Waals surface area contributed by atoms with Crippen molar-refractivity contribution in [2.45, 2.75) is 37.0 Å². The van der Waals surface area contributed by atoms with Crippen LogP contribution in [0.5, 0.6) is 5.88 Å². The van der Waals surface area contributed by atoms with Gasteiger partial charge in [0.15, 0.2) is 5.69 Å². The van der Waals surface area contributed by atoms with Crippen LogP contribution in [0.15, 0.2) is 54.9 Å². The van der Waals surface area contributed by atoms with Gasteiger partial charge in [-0.2, -0.15) is 0 Å². The molecule has 2 aromatic carbocycles. The van der Waals surface area contributed by atoms with Gasteiger partial charge in [-0.3, -0.25) is 9.59 Å². The number of likely N-dealkylation sites (tertiary alicyclic amines) is 1. The molecule has 2 fully saturated rings. The van der Waals surface area contributed by atoms with Gasteiger partial charge in [0.2, 0.25) is 11.8 Å². The maximum Gasteiger partial charge on any atom is 0.278 e. The van der Waals surface area contributed by atoms with Crippen LogP contribution >= 0.6 is 23.2 Å². The highest BCUT2D eigenvalue weighted by Crippen LogP contribution is 2.50. The number of ether oxygens (including phenoxy) is 1. The third-order valence-corrected chi connectivity index (χ3v) is 7.88. The first-order valence-electron chi connectivity index (χ1n) is 11.9. The molecule has 2 heterocycles. The maximum atomic E-state index is 13.1. The van der Waals surface area contributed by atoms with Crippen LogP contribution in [0.4, 0.5) is 5.69 Å². The summed E-state index contributed by atoms with van der Waals surface area (Å²) in [6.45, 7) is 1.27. The second-order valence-corrected chi connectivity index (χ2v) is 10.1. The number of hydrogen-bond acceptors (Lipinski definition) is 5. The van der Waals surface area contributed by atoms with Gasteiger partial charge in [0.05, 0.1) is 22.6 Å². The number of benzene rings is 2. The van der Waals surface area contributed by atoms with E-state index in [0.29, 0.717) is 29.1 Å². The zero-order chi connectivity index (χ0) is 25.3. The van der Waals surface area contributed by atoms with Gasteiger partial charge in [-0.1, -0.05) is 41.4 Å². The topological polar surface area (TPSA) is 84.4 Å². The molecule has 0 atom stereocenters. The third-order valence-electron chi connectivity index (χ3n) is 7.14. The predicted octanol–water partition coefficient (Wildman–Crippen LogP) is 5.48. The number of carbonyl (C=O) groups is 2. The van der Waals surface area contributed by atoms with Gasteiger partial charge in [-0.25, -0.2) is 9.97 Å². The minimum Gasteiger partial charge on any atom is -0.479 e. The molecule has 1 saturated heterocycles. The van der Waals surface area contributed by atoms with Crippen molar-refractivity contribution in [3.05, 3.63) is 81.7 Å². The van der Waals surface area contributed by atoms with Crippen molar-refractivity contribution >= 4 is 40.7 Å². The Hall–Kier alpha value is -3.16. The fraction of sp³-hybridized carbons (Fsp3) is 0.333. The number of methoxy groups -OCH3 is 1. The Morgan fingerprint density at radius 2 is 1.69 bits per heavy atom. The minimum absolute atomic E-state index is 0.0279. The SMILES string of the molecule is COc1nccnc1C(=O)N1CCC(c2ccc(NC(=O)C3(c4ccc(Cl)c(Cl)c4)CC3)cc2)CC1. The average molecular weight is 525 g/mol. The molecule has 0 bridgehead atoms. The van der Waals surface area contributed by atoms with Crippen LogP contribution in [-0.4, -0.2) is 46.9 Å². The Labute approximate surface area is 219 Å². The lowest BCUT2D eigenvalue weighted by Crippen LogP contribution is -2.38. The van der Waals surface area contributed by atoms with E-state index in [4.69, 9.17) is 27.9 Å². The molecule has 1 aromatic heterocycles. The summed E-state index contributed by atoms with van der Waals surface area (Å²) in [5.74, 6) is 0.398. The number of amides is 2. The Morgan fingerprint density at radius 3 is 2.33 bits per heavy atom. The summed E-state index contributed by atoms with van der Waals surface area (Å²) < 4.78 is 5.18. The first-order chi connectivity index (χ1) is 17.4. The van der Waals surface area contributed by atoms with Gasteiger partial charge in [0.1, 0.15) is 0 Å². The summed E-state index contributed by atoms with van der Waals surface area (Å²) in [5.41, 5.74) is 2.55. The van der Waals surface area contributed by atoms with Crippen molar-refractivity contribution in [2.24, 2.45) is 0 Å². The van der Waals surface area contributed by atoms with Crippen LogP contribution in [-0.2, 0) is 10.2 Å². The lowest BCUT2D eigenvalue weighted by molar-refractivity contribution is -0.118. The van der Waals surface area contributed by atoms with E-state index in [0.717, 1.165) is 36.9 Å². The number of rotatable bonds is 6. The quantitative estimate of drug-likeness (QED) is 0.461. The number of hydrogen-bond donors (Lipinski definition) is 1. The highest BCUT2D eigenvalue weighted by atomic mass is 35.5. The zero-order valence-corrected chi connectivity index (χ0v) is 21.4. The van der Waals surface area contributed by atoms with Crippen molar-refractivity contribution in [2.75, 3.05) is 25.5 Å². The number of aromatic nitrogens is 2. The van der Waals surface area contributed by atoms with Crippen molar-refractivity contribution in [1.29, 1.82) is 0 Å². The molecule has 0 radical (unpaired) electrons. The molecule has 1 saturated carbocycles. The molecule has 186 valence electrons. The molecule has 2 amide bonds. The second kappa shape index (κ2) is 10.1. The minimum atomic E-state index is -0.544. The molecular weight excluding hydrogens is 499 g/mol. The smallest absolute Gasteiger partial charge is 0.278 e. The lowest BCUT2D eigenvalue weighted by Gasteiger charge is -2.32. The molecular formula is C27H26Cl2N4O3. The fourth-order valence-corrected chi connectivity index (χ4v) is 5.14. The molecule has 0 unspecified atom stereocenters. The molecule has 2 aliphatic rings. The Morgan fingerprint density at radius 1 is 1.00 bits per heavy atom. The van der Waals surface area contributed by atoms with Crippen LogP contribution in [0.25, 0.3) is 0 Å². The van der Waals surface area contributed by atoms with E-state index < -0.39 is 5.41 Å². The Balaban J connectivity index is 1.19. The number of carbonyl (C=O) groups excluding carboxylic acids is 2. The van der Waals surface area contributed by atoms with E-state index in [-0.39, 0.29) is 23.4 Å². The molecule has 7 nitrogen and oxygen atoms in total. The van der Waals surface area contributed by atoms with E-state index in [9.17, 15) is 9.59 Å². The van der Waals surface area contributed by atoms with E-state index in [1.54, 1.807) is 17.0 Å². The van der Waals surface area contributed by atoms with Crippen molar-refractivity contribution in [1.82, 2.24) is 14.9 Å². The molecule has 1 aliphatic carbocycles. The number of halogens is 2. The first kappa shape index (κ1) is 24.5. The fourth-order valence-electron chi connectivity index (χ4n) is 4.84. The molecule has 1 aliphatic heterocycles. The van der Waals surface area contributed by atoms with Crippen LogP contribution in [0.2, 0.25) is 10.0 Å². The Kier molecular flexibility index (Phi) is 6.86. The summed E-state index contributed by atoms with van der Waals surface area (Å²) in [7, 11) is 1.48. The predicted molar refractivity (Wildman–Crippen MR) is 139 cm³/mol. The van der Waals surface area contributed by atoms with Crippen LogP contribution < -0.4 is 10.1 Å². The van der Waals surface area contributed by atoms with E-state index in [2.05, 4.69) is 27.4 Å². The maximum absolute atomic E-state index is 13.1. The zero-order valence-electron chi connectivity index (χ0n) is 19.8. The molecule has 36 heavy (non-hydrogen) atoms. The van der Waals surface area contributed by atoms with Crippen LogP contribution in [0, 0.1) is 0 Å². The highest BCUT2D eigenvalue weighted by molar-refractivity contribution is 6.42. The van der Waals surface area contributed by atoms with Crippen LogP contribution in [0.1, 0.15) is 53.2 Å². The number of nitrogens with one attached hydrogen (secondary N) is 1. The molecule has 0 spiro atoms. The summed E-state index contributed by atoms with van der Waals surface area (Å²) in [6.07, 6.45) is 6.27. The van der Waals surface area contributed by atoms with Gasteiger partial charge in [0.25, 0.3) is 5.91 Å². The summed E-state index contributed by atoms with van der Waals surface area (Å²) in [4.78, 5) is 36.0. The van der Waals surface area contributed by atoms with Crippen molar-refractivity contribution < 1.29 is 14.3 Å². The normalized spacial score (nSPS) is 16.9. The number of piperidine rings is 1. The van der Waals surface area contributed by atoms with Crippen molar-refractivity contribution in [3.63, 3.8) is 0 Å². The van der Waals surface area contributed by atoms with Crippen molar-refractivity contribution in [3.8, 4) is 5.88 Å². The summed E-state index contributed by atoms with van der Waals surface area (Å²) in [5, 5.41) is 4.01. The lowest BCUT2D eigenvalue weighted by atomic mass is 9.89. The number of nitrogens with zero attached hydrogens (tertiary/aromatic N) is 3. The molecule has 3 aromatic rings. The Bertz CT molecular complexity index is 1290. The third kappa shape index (κ3) is 4.77. The molecule has 9 heteroatoms. The highest BCUT2D eigenvalue weighted by Gasteiger charge is 2.51. The standard InChI is InChI=1S/C27H26Cl2N4O3/c1-36-24-23(30-12-13-31-24)25(34)33-14-8-18(9-15-33)17-2-5-20(6-3-17)32-26(35)27(10-11-27)19-4-7-21(28)22(29)16-19/h2-7,12-13,16,18H,8-11,14-15H2,1H3,(H,32,35). The summed E-state index contributed by atoms with van der Waals surface area (Å²) in [6, 6.07) is 13.4. The van der Waals surface area contributed by atoms with Gasteiger partial charge >= 0.3 is 0 Å². The average Bonchev–Trinajstić information content (AvgIpc) is 3.73. The van der Waals surface area contributed by atoms with E-state index in [1.807, 2.05) is 18.2 Å². The first-order valence-corrected chi connectivity index (χ1v) is 12.7. The summed E-state index contributed by atoms with van der Waals surface area (Å²) >= 11 is 12.2. The van der Waals surface area contributed by atoms with Gasteiger partial charge < -0.3 is 15.0 Å². The largest absolute Gasteiger partial charge is 0.479 e. The van der Waals surface area contributed by atoms with Crippen LogP contribution in [0.3, 0.4) is 0 Å². The van der Waals surface area contributed by atoms with E-state index in [1.165, 1.54) is 25.1 Å². The van der Waals surface area contributed by atoms with Gasteiger partial charge in [0, 0.05) is 31.2 Å². The number of anilines is 1. The molecule has 1 N–H and O–H groups in total. The second-order valence-electron chi connectivity index (χ2n) is 9.27. The monoisotopic (exact) mass is 524 g/mol. The van der Waals surface area contributed by atoms with Gasteiger partial charge in [-0.05, 0) is 67.0 Å². The molecule has 5 rings (SSSR count). The van der Waals surface area contributed by atoms with E-state index >= 15 is 0 Å². The van der Waals surface area contributed by atoms with Gasteiger partial charge in [-0.15, -0.1) is 0 Å².